The van der Waals surface area contributed by atoms with Gasteiger partial charge in [0.1, 0.15) is 10.6 Å². The average Bonchev–Trinajstić information content (AvgIpc) is 2.46. The lowest BCUT2D eigenvalue weighted by molar-refractivity contribution is 0.402. The number of sulfonamides is 1. The molecule has 3 N–H and O–H groups in total. The Bertz CT molecular complexity index is 748. The number of ether oxygens (including phenoxy) is 1. The molecule has 0 spiro atoms. The summed E-state index contributed by atoms with van der Waals surface area (Å²) >= 11 is 5.85. The van der Waals surface area contributed by atoms with Crippen LogP contribution in [-0.2, 0) is 16.6 Å². The van der Waals surface area contributed by atoms with Gasteiger partial charge in [-0.3, -0.25) is 4.72 Å². The van der Waals surface area contributed by atoms with Gasteiger partial charge in [0.25, 0.3) is 10.0 Å². The lowest BCUT2D eigenvalue weighted by Gasteiger charge is -2.13. The maximum absolute atomic E-state index is 12.5. The minimum Gasteiger partial charge on any atom is -0.495 e. The number of halogens is 1. The minimum atomic E-state index is -3.79. The fourth-order valence-electron chi connectivity index (χ4n) is 1.82. The van der Waals surface area contributed by atoms with Crippen molar-refractivity contribution in [2.75, 3.05) is 11.8 Å². The van der Waals surface area contributed by atoms with Crippen LogP contribution in [0.3, 0.4) is 0 Å². The van der Waals surface area contributed by atoms with Crippen molar-refractivity contribution in [3.05, 3.63) is 53.1 Å². The molecular weight excluding hydrogens is 312 g/mol. The third kappa shape index (κ3) is 3.66. The number of hydrogen-bond donors (Lipinski definition) is 2. The van der Waals surface area contributed by atoms with E-state index >= 15 is 0 Å². The van der Waals surface area contributed by atoms with Crippen molar-refractivity contribution in [2.24, 2.45) is 5.73 Å². The van der Waals surface area contributed by atoms with E-state index in [1.54, 1.807) is 30.3 Å². The van der Waals surface area contributed by atoms with Crippen molar-refractivity contribution in [1.29, 1.82) is 0 Å². The SMILES string of the molecule is COc1ccc(CN)cc1S(=O)(=O)Nc1cccc(Cl)c1. The van der Waals surface area contributed by atoms with Crippen molar-refractivity contribution < 1.29 is 13.2 Å². The second-order valence-electron chi connectivity index (χ2n) is 4.31. The van der Waals surface area contributed by atoms with Crippen LogP contribution in [0.25, 0.3) is 0 Å². The first kappa shape index (κ1) is 15.6. The maximum atomic E-state index is 12.5. The molecule has 2 aromatic rings. The number of nitrogens with one attached hydrogen (secondary N) is 1. The van der Waals surface area contributed by atoms with E-state index in [1.165, 1.54) is 19.2 Å². The Morgan fingerprint density at radius 2 is 2.00 bits per heavy atom. The summed E-state index contributed by atoms with van der Waals surface area (Å²) in [4.78, 5) is 0.0351. The Morgan fingerprint density at radius 3 is 2.62 bits per heavy atom. The zero-order valence-corrected chi connectivity index (χ0v) is 12.9. The molecule has 7 heteroatoms. The summed E-state index contributed by atoms with van der Waals surface area (Å²) < 4.78 is 32.5. The zero-order valence-electron chi connectivity index (χ0n) is 11.3. The normalized spacial score (nSPS) is 11.2. The lowest BCUT2D eigenvalue weighted by Crippen LogP contribution is -2.14. The van der Waals surface area contributed by atoms with E-state index in [0.717, 1.165) is 0 Å². The van der Waals surface area contributed by atoms with Gasteiger partial charge in [0.15, 0.2) is 0 Å². The summed E-state index contributed by atoms with van der Waals surface area (Å²) in [6.45, 7) is 0.240. The molecule has 2 aromatic carbocycles. The third-order valence-corrected chi connectivity index (χ3v) is 4.47. The summed E-state index contributed by atoms with van der Waals surface area (Å²) in [5, 5.41) is 0.442. The Kier molecular flexibility index (Phi) is 4.72. The second kappa shape index (κ2) is 6.34. The van der Waals surface area contributed by atoms with E-state index in [0.29, 0.717) is 16.3 Å². The van der Waals surface area contributed by atoms with Gasteiger partial charge in [-0.2, -0.15) is 0 Å². The van der Waals surface area contributed by atoms with Gasteiger partial charge >= 0.3 is 0 Å². The van der Waals surface area contributed by atoms with Crippen molar-refractivity contribution in [3.8, 4) is 5.75 Å². The highest BCUT2D eigenvalue weighted by Gasteiger charge is 2.20. The molecule has 2 rings (SSSR count). The minimum absolute atomic E-state index is 0.0351. The third-order valence-electron chi connectivity index (χ3n) is 2.83. The van der Waals surface area contributed by atoms with Gasteiger partial charge in [0.2, 0.25) is 0 Å². The number of rotatable bonds is 5. The van der Waals surface area contributed by atoms with Crippen LogP contribution in [0.1, 0.15) is 5.56 Å². The van der Waals surface area contributed by atoms with Gasteiger partial charge in [-0.15, -0.1) is 0 Å². The molecule has 0 unspecified atom stereocenters. The first-order valence-electron chi connectivity index (χ1n) is 6.11. The summed E-state index contributed by atoms with van der Waals surface area (Å²) in [6.07, 6.45) is 0. The quantitative estimate of drug-likeness (QED) is 0.885. The number of methoxy groups -OCH3 is 1. The van der Waals surface area contributed by atoms with Crippen LogP contribution in [0.5, 0.6) is 5.75 Å². The second-order valence-corrected chi connectivity index (χ2v) is 6.39. The van der Waals surface area contributed by atoms with Crippen molar-refractivity contribution in [3.63, 3.8) is 0 Å². The number of hydrogen-bond acceptors (Lipinski definition) is 4. The van der Waals surface area contributed by atoms with Gasteiger partial charge in [0, 0.05) is 11.6 Å². The van der Waals surface area contributed by atoms with Crippen LogP contribution in [0.4, 0.5) is 5.69 Å². The topological polar surface area (TPSA) is 81.4 Å². The summed E-state index contributed by atoms with van der Waals surface area (Å²) in [7, 11) is -2.38. The summed E-state index contributed by atoms with van der Waals surface area (Å²) in [6, 6.07) is 11.3. The van der Waals surface area contributed by atoms with E-state index in [-0.39, 0.29) is 17.2 Å². The van der Waals surface area contributed by atoms with Crippen molar-refractivity contribution in [1.82, 2.24) is 0 Å². The fourth-order valence-corrected chi connectivity index (χ4v) is 3.28. The monoisotopic (exact) mass is 326 g/mol. The standard InChI is InChI=1S/C14H15ClN2O3S/c1-20-13-6-5-10(9-16)7-14(13)21(18,19)17-12-4-2-3-11(15)8-12/h2-8,17H,9,16H2,1H3. The van der Waals surface area contributed by atoms with Crippen LogP contribution in [0.15, 0.2) is 47.4 Å². The van der Waals surface area contributed by atoms with Crippen LogP contribution in [0.2, 0.25) is 5.02 Å². The highest BCUT2D eigenvalue weighted by Crippen LogP contribution is 2.27. The van der Waals surface area contributed by atoms with E-state index in [4.69, 9.17) is 22.1 Å². The van der Waals surface area contributed by atoms with Gasteiger partial charge in [0.05, 0.1) is 12.8 Å². The first-order chi connectivity index (χ1) is 9.96. The largest absolute Gasteiger partial charge is 0.495 e. The molecule has 0 radical (unpaired) electrons. The lowest BCUT2D eigenvalue weighted by atomic mass is 10.2. The van der Waals surface area contributed by atoms with Crippen LogP contribution >= 0.6 is 11.6 Å². The zero-order chi connectivity index (χ0) is 15.5. The molecule has 112 valence electrons. The molecule has 0 aliphatic heterocycles. The van der Waals surface area contributed by atoms with Gasteiger partial charge in [-0.1, -0.05) is 23.7 Å². The van der Waals surface area contributed by atoms with E-state index in [1.807, 2.05) is 0 Å². The van der Waals surface area contributed by atoms with Crippen molar-refractivity contribution >= 4 is 27.3 Å². The molecule has 0 saturated heterocycles. The fraction of sp³-hybridized carbons (Fsp3) is 0.143. The average molecular weight is 327 g/mol. The van der Waals surface area contributed by atoms with Gasteiger partial charge in [-0.25, -0.2) is 8.42 Å². The Morgan fingerprint density at radius 1 is 1.24 bits per heavy atom. The van der Waals surface area contributed by atoms with Gasteiger partial charge < -0.3 is 10.5 Å². The van der Waals surface area contributed by atoms with E-state index in [9.17, 15) is 8.42 Å². The molecule has 0 aliphatic carbocycles. The molecule has 0 saturated carbocycles. The molecule has 0 heterocycles. The summed E-state index contributed by atoms with van der Waals surface area (Å²) in [5.41, 5.74) is 6.63. The van der Waals surface area contributed by atoms with Crippen LogP contribution in [-0.4, -0.2) is 15.5 Å². The molecule has 0 bridgehead atoms. The van der Waals surface area contributed by atoms with E-state index in [2.05, 4.69) is 4.72 Å². The molecule has 0 fully saturated rings. The highest BCUT2D eigenvalue weighted by atomic mass is 35.5. The predicted octanol–water partition coefficient (Wildman–Crippen LogP) is 2.61. The molecule has 0 aromatic heterocycles. The van der Waals surface area contributed by atoms with Crippen LogP contribution in [0, 0.1) is 0 Å². The van der Waals surface area contributed by atoms with E-state index < -0.39 is 10.0 Å². The maximum Gasteiger partial charge on any atom is 0.265 e. The number of nitrogens with two attached hydrogens (primary N) is 1. The Balaban J connectivity index is 2.43. The molecule has 0 amide bonds. The van der Waals surface area contributed by atoms with Gasteiger partial charge in [-0.05, 0) is 35.9 Å². The Labute approximate surface area is 128 Å². The summed E-state index contributed by atoms with van der Waals surface area (Å²) in [5.74, 6) is 0.252. The van der Waals surface area contributed by atoms with Crippen LogP contribution < -0.4 is 15.2 Å². The molecular formula is C14H15ClN2O3S. The predicted molar refractivity (Wildman–Crippen MR) is 83.1 cm³/mol. The smallest absolute Gasteiger partial charge is 0.265 e. The Hall–Kier alpha value is -1.76. The molecule has 5 nitrogen and oxygen atoms in total. The molecule has 0 aliphatic rings. The molecule has 21 heavy (non-hydrogen) atoms. The number of anilines is 1. The first-order valence-corrected chi connectivity index (χ1v) is 7.98. The highest BCUT2D eigenvalue weighted by molar-refractivity contribution is 7.92. The number of benzene rings is 2. The van der Waals surface area contributed by atoms with Crippen molar-refractivity contribution in [2.45, 2.75) is 11.4 Å². The molecule has 0 atom stereocenters.